The van der Waals surface area contributed by atoms with Gasteiger partial charge in [-0.2, -0.15) is 0 Å². The van der Waals surface area contributed by atoms with E-state index in [1.165, 1.54) is 0 Å². The van der Waals surface area contributed by atoms with Gasteiger partial charge >= 0.3 is 6.03 Å². The Balaban J connectivity index is 3.79. The Morgan fingerprint density at radius 2 is 2.00 bits per heavy atom. The van der Waals surface area contributed by atoms with E-state index in [2.05, 4.69) is 12.2 Å². The third-order valence-electron chi connectivity index (χ3n) is 2.01. The zero-order chi connectivity index (χ0) is 10.3. The van der Waals surface area contributed by atoms with Crippen LogP contribution in [0.3, 0.4) is 0 Å². The minimum atomic E-state index is -0.767. The van der Waals surface area contributed by atoms with Crippen molar-refractivity contribution >= 4 is 11.9 Å². The van der Waals surface area contributed by atoms with Crippen LogP contribution in [0.4, 0.5) is 4.79 Å². The molecule has 13 heavy (non-hydrogen) atoms. The van der Waals surface area contributed by atoms with Gasteiger partial charge in [-0.05, 0) is 5.92 Å². The van der Waals surface area contributed by atoms with Gasteiger partial charge < -0.3 is 5.73 Å². The Labute approximate surface area is 78.9 Å². The molecule has 0 radical (unpaired) electrons. The first-order chi connectivity index (χ1) is 6.10. The maximum absolute atomic E-state index is 11.1. The first-order valence-corrected chi connectivity index (χ1v) is 4.69. The average molecular weight is 186 g/mol. The van der Waals surface area contributed by atoms with E-state index >= 15 is 0 Å². The summed E-state index contributed by atoms with van der Waals surface area (Å²) in [5.41, 5.74) is 4.81. The number of hydrogen-bond donors (Lipinski definition) is 2. The molecule has 3 N–H and O–H groups in total. The molecule has 0 spiro atoms. The average Bonchev–Trinajstić information content (AvgIpc) is 2.02. The summed E-state index contributed by atoms with van der Waals surface area (Å²) in [6.45, 7) is 4.12. The van der Waals surface area contributed by atoms with Gasteiger partial charge in [0, 0.05) is 6.42 Å². The summed E-state index contributed by atoms with van der Waals surface area (Å²) in [6, 6.07) is -0.767. The first kappa shape index (κ1) is 11.9. The van der Waals surface area contributed by atoms with Gasteiger partial charge in [0.1, 0.15) is 0 Å². The van der Waals surface area contributed by atoms with Crippen molar-refractivity contribution in [3.05, 3.63) is 0 Å². The molecule has 0 aromatic rings. The second kappa shape index (κ2) is 6.46. The van der Waals surface area contributed by atoms with Crippen molar-refractivity contribution in [2.45, 2.75) is 39.5 Å². The van der Waals surface area contributed by atoms with Crippen molar-refractivity contribution in [1.29, 1.82) is 0 Å². The highest BCUT2D eigenvalue weighted by molar-refractivity contribution is 5.93. The van der Waals surface area contributed by atoms with Gasteiger partial charge in [0.05, 0.1) is 0 Å². The lowest BCUT2D eigenvalue weighted by Gasteiger charge is -2.11. The van der Waals surface area contributed by atoms with E-state index in [0.29, 0.717) is 12.3 Å². The highest BCUT2D eigenvalue weighted by Crippen LogP contribution is 2.14. The molecule has 0 saturated carbocycles. The largest absolute Gasteiger partial charge is 0.351 e. The molecule has 0 bridgehead atoms. The SMILES string of the molecule is CCCC(CC)CC(=O)NC(N)=O. The molecule has 0 aromatic carbocycles. The number of rotatable bonds is 5. The van der Waals surface area contributed by atoms with Crippen molar-refractivity contribution in [3.8, 4) is 0 Å². The molecule has 0 aliphatic carbocycles. The summed E-state index contributed by atoms with van der Waals surface area (Å²) in [4.78, 5) is 21.4. The van der Waals surface area contributed by atoms with Crippen LogP contribution in [-0.4, -0.2) is 11.9 Å². The van der Waals surface area contributed by atoms with Crippen LogP contribution < -0.4 is 11.1 Å². The van der Waals surface area contributed by atoms with Crippen molar-refractivity contribution in [2.24, 2.45) is 11.7 Å². The zero-order valence-electron chi connectivity index (χ0n) is 8.30. The van der Waals surface area contributed by atoms with Crippen LogP contribution in [0.1, 0.15) is 39.5 Å². The lowest BCUT2D eigenvalue weighted by Crippen LogP contribution is -2.35. The summed E-state index contributed by atoms with van der Waals surface area (Å²) in [6.07, 6.45) is 3.43. The fraction of sp³-hybridized carbons (Fsp3) is 0.778. The minimum absolute atomic E-state index is 0.271. The van der Waals surface area contributed by atoms with Gasteiger partial charge in [-0.15, -0.1) is 0 Å². The third-order valence-corrected chi connectivity index (χ3v) is 2.01. The van der Waals surface area contributed by atoms with Crippen LogP contribution in [0.2, 0.25) is 0 Å². The van der Waals surface area contributed by atoms with Gasteiger partial charge in [0.2, 0.25) is 5.91 Å². The Kier molecular flexibility index (Phi) is 5.93. The Morgan fingerprint density at radius 1 is 1.38 bits per heavy atom. The highest BCUT2D eigenvalue weighted by atomic mass is 16.2. The quantitative estimate of drug-likeness (QED) is 0.681. The number of primary amides is 1. The molecule has 1 unspecified atom stereocenters. The van der Waals surface area contributed by atoms with Crippen LogP contribution in [0.25, 0.3) is 0 Å². The van der Waals surface area contributed by atoms with E-state index in [1.807, 2.05) is 6.92 Å². The van der Waals surface area contributed by atoms with Crippen LogP contribution in [0.5, 0.6) is 0 Å². The van der Waals surface area contributed by atoms with E-state index in [0.717, 1.165) is 19.3 Å². The lowest BCUT2D eigenvalue weighted by molar-refractivity contribution is -0.120. The molecular formula is C9H18N2O2. The molecule has 0 aliphatic heterocycles. The van der Waals surface area contributed by atoms with E-state index in [4.69, 9.17) is 5.73 Å². The van der Waals surface area contributed by atoms with Gasteiger partial charge in [0.15, 0.2) is 0 Å². The summed E-state index contributed by atoms with van der Waals surface area (Å²) < 4.78 is 0. The lowest BCUT2D eigenvalue weighted by atomic mass is 9.97. The number of carbonyl (C=O) groups is 2. The maximum Gasteiger partial charge on any atom is 0.318 e. The van der Waals surface area contributed by atoms with Crippen molar-refractivity contribution in [1.82, 2.24) is 5.32 Å². The highest BCUT2D eigenvalue weighted by Gasteiger charge is 2.11. The number of hydrogen-bond acceptors (Lipinski definition) is 2. The number of amides is 3. The number of imide groups is 1. The third kappa shape index (κ3) is 6.13. The molecule has 0 fully saturated rings. The van der Waals surface area contributed by atoms with E-state index in [1.54, 1.807) is 0 Å². The molecule has 0 saturated heterocycles. The molecule has 0 aromatic heterocycles. The van der Waals surface area contributed by atoms with Crippen LogP contribution >= 0.6 is 0 Å². The van der Waals surface area contributed by atoms with Gasteiger partial charge in [-0.3, -0.25) is 10.1 Å². The molecular weight excluding hydrogens is 168 g/mol. The molecule has 0 aliphatic rings. The fourth-order valence-corrected chi connectivity index (χ4v) is 1.31. The summed E-state index contributed by atoms with van der Waals surface area (Å²) in [5.74, 6) is 0.0946. The first-order valence-electron chi connectivity index (χ1n) is 4.69. The van der Waals surface area contributed by atoms with Gasteiger partial charge in [-0.1, -0.05) is 33.1 Å². The van der Waals surface area contributed by atoms with Crippen LogP contribution in [0, 0.1) is 5.92 Å². The second-order valence-electron chi connectivity index (χ2n) is 3.18. The number of nitrogens with one attached hydrogen (secondary N) is 1. The van der Waals surface area contributed by atoms with Crippen molar-refractivity contribution in [2.75, 3.05) is 0 Å². The maximum atomic E-state index is 11.1. The molecule has 3 amide bonds. The molecule has 76 valence electrons. The summed E-state index contributed by atoms with van der Waals surface area (Å²) in [7, 11) is 0. The predicted octanol–water partition coefficient (Wildman–Crippen LogP) is 1.40. The Morgan fingerprint density at radius 3 is 2.38 bits per heavy atom. The minimum Gasteiger partial charge on any atom is -0.351 e. The predicted molar refractivity (Wildman–Crippen MR) is 51.0 cm³/mol. The Bertz CT molecular complexity index is 180. The zero-order valence-corrected chi connectivity index (χ0v) is 8.30. The summed E-state index contributed by atoms with van der Waals surface area (Å²) in [5, 5.41) is 2.07. The van der Waals surface area contributed by atoms with E-state index < -0.39 is 6.03 Å². The fourth-order valence-electron chi connectivity index (χ4n) is 1.31. The van der Waals surface area contributed by atoms with E-state index in [-0.39, 0.29) is 5.91 Å². The summed E-state index contributed by atoms with van der Waals surface area (Å²) >= 11 is 0. The normalized spacial score (nSPS) is 12.2. The number of nitrogens with two attached hydrogens (primary N) is 1. The molecule has 4 heteroatoms. The monoisotopic (exact) mass is 186 g/mol. The molecule has 0 rings (SSSR count). The molecule has 1 atom stereocenters. The number of carbonyl (C=O) groups excluding carboxylic acids is 2. The van der Waals surface area contributed by atoms with Gasteiger partial charge in [-0.25, -0.2) is 4.79 Å². The van der Waals surface area contributed by atoms with Crippen molar-refractivity contribution in [3.63, 3.8) is 0 Å². The van der Waals surface area contributed by atoms with Gasteiger partial charge in [0.25, 0.3) is 0 Å². The Hall–Kier alpha value is -1.06. The molecule has 0 heterocycles. The van der Waals surface area contributed by atoms with Crippen LogP contribution in [0.15, 0.2) is 0 Å². The number of urea groups is 1. The van der Waals surface area contributed by atoms with Crippen LogP contribution in [-0.2, 0) is 4.79 Å². The van der Waals surface area contributed by atoms with Crippen molar-refractivity contribution < 1.29 is 9.59 Å². The second-order valence-corrected chi connectivity index (χ2v) is 3.18. The smallest absolute Gasteiger partial charge is 0.318 e. The topological polar surface area (TPSA) is 72.2 Å². The standard InChI is InChI=1S/C9H18N2O2/c1-3-5-7(4-2)6-8(12)11-9(10)13/h7H,3-6H2,1-2H3,(H3,10,11,12,13). The van der Waals surface area contributed by atoms with E-state index in [9.17, 15) is 9.59 Å². The molecule has 4 nitrogen and oxygen atoms in total.